The van der Waals surface area contributed by atoms with E-state index in [-0.39, 0.29) is 18.9 Å². The lowest BCUT2D eigenvalue weighted by atomic mass is 10.1. The molecule has 1 saturated heterocycles. The molecule has 1 aromatic heterocycles. The fraction of sp³-hybridized carbons (Fsp3) is 0.500. The smallest absolute Gasteiger partial charge is 0.282 e. The number of rotatable bonds is 4. The number of aromatic nitrogens is 1. The summed E-state index contributed by atoms with van der Waals surface area (Å²) in [6, 6.07) is 3.46. The van der Waals surface area contributed by atoms with Crippen LogP contribution < -0.4 is 4.90 Å². The van der Waals surface area contributed by atoms with Crippen LogP contribution in [0.1, 0.15) is 18.9 Å². The number of halogens is 2. The molecule has 2 heterocycles. The number of anilines is 1. The largest absolute Gasteiger partial charge is 0.344 e. The second-order valence-electron chi connectivity index (χ2n) is 4.31. The Morgan fingerprint density at radius 1 is 1.47 bits per heavy atom. The number of Topliss-reactive ketones (excluding diaryl/α,β-unsaturated/α-hetero) is 1. The quantitative estimate of drug-likeness (QED) is 0.807. The maximum atomic E-state index is 12.7. The summed E-state index contributed by atoms with van der Waals surface area (Å²) in [5.41, 5.74) is 0.827. The third kappa shape index (κ3) is 2.78. The van der Waals surface area contributed by atoms with Gasteiger partial charge < -0.3 is 4.90 Å². The molecule has 1 aromatic rings. The molecule has 0 aromatic carbocycles. The molecule has 0 amide bonds. The van der Waals surface area contributed by atoms with Gasteiger partial charge >= 0.3 is 0 Å². The van der Waals surface area contributed by atoms with Gasteiger partial charge in [-0.3, -0.25) is 4.79 Å². The molecule has 17 heavy (non-hydrogen) atoms. The van der Waals surface area contributed by atoms with E-state index < -0.39 is 5.92 Å². The number of carbonyl (C=O) groups excluding carboxylic acids is 1. The molecule has 1 aliphatic rings. The summed E-state index contributed by atoms with van der Waals surface area (Å²) in [6.45, 7) is 1.27. The molecule has 0 bridgehead atoms. The summed E-state index contributed by atoms with van der Waals surface area (Å²) >= 11 is 0. The number of hydrogen-bond acceptors (Lipinski definition) is 3. The zero-order valence-corrected chi connectivity index (χ0v) is 9.62. The van der Waals surface area contributed by atoms with Crippen LogP contribution >= 0.6 is 0 Å². The van der Waals surface area contributed by atoms with Crippen LogP contribution in [-0.2, 0) is 11.2 Å². The Kier molecular flexibility index (Phi) is 3.09. The molecule has 2 rings (SSSR count). The predicted molar refractivity (Wildman–Crippen MR) is 60.4 cm³/mol. The maximum Gasteiger partial charge on any atom is 0.282 e. The number of alkyl halides is 2. The Bertz CT molecular complexity index is 409. The highest BCUT2D eigenvalue weighted by atomic mass is 19.3. The van der Waals surface area contributed by atoms with E-state index in [2.05, 4.69) is 4.98 Å². The summed E-state index contributed by atoms with van der Waals surface area (Å²) in [4.78, 5) is 16.8. The molecule has 1 fully saturated rings. The van der Waals surface area contributed by atoms with Gasteiger partial charge in [-0.05, 0) is 11.6 Å². The highest BCUT2D eigenvalue weighted by molar-refractivity contribution is 5.80. The number of nitrogens with zero attached hydrogens (tertiary/aromatic N) is 2. The van der Waals surface area contributed by atoms with Gasteiger partial charge in [0.2, 0.25) is 0 Å². The van der Waals surface area contributed by atoms with Gasteiger partial charge in [0.1, 0.15) is 11.6 Å². The van der Waals surface area contributed by atoms with Crippen molar-refractivity contribution in [1.29, 1.82) is 0 Å². The van der Waals surface area contributed by atoms with E-state index in [1.165, 1.54) is 4.90 Å². The van der Waals surface area contributed by atoms with Crippen molar-refractivity contribution in [2.75, 3.05) is 18.0 Å². The van der Waals surface area contributed by atoms with Gasteiger partial charge in [-0.2, -0.15) is 0 Å². The summed E-state index contributed by atoms with van der Waals surface area (Å²) in [6.07, 6.45) is 2.44. The number of pyridine rings is 1. The summed E-state index contributed by atoms with van der Waals surface area (Å²) < 4.78 is 25.3. The summed E-state index contributed by atoms with van der Waals surface area (Å²) in [5.74, 6) is -1.89. The van der Waals surface area contributed by atoms with Gasteiger partial charge in [-0.15, -0.1) is 0 Å². The van der Waals surface area contributed by atoms with Gasteiger partial charge in [-0.1, -0.05) is 13.0 Å². The number of hydrogen-bond donors (Lipinski definition) is 0. The molecule has 3 nitrogen and oxygen atoms in total. The molecule has 0 N–H and O–H groups in total. The average molecular weight is 240 g/mol. The van der Waals surface area contributed by atoms with Gasteiger partial charge in [-0.25, -0.2) is 13.8 Å². The van der Waals surface area contributed by atoms with Crippen LogP contribution in [0.4, 0.5) is 14.6 Å². The van der Waals surface area contributed by atoms with E-state index in [1.54, 1.807) is 18.3 Å². The van der Waals surface area contributed by atoms with E-state index in [1.807, 2.05) is 6.92 Å². The van der Waals surface area contributed by atoms with Crippen molar-refractivity contribution in [2.45, 2.75) is 25.7 Å². The van der Waals surface area contributed by atoms with Gasteiger partial charge in [0.15, 0.2) is 0 Å². The van der Waals surface area contributed by atoms with Crippen molar-refractivity contribution < 1.29 is 13.6 Å². The Morgan fingerprint density at radius 2 is 2.18 bits per heavy atom. The van der Waals surface area contributed by atoms with Crippen molar-refractivity contribution >= 4 is 11.6 Å². The lowest BCUT2D eigenvalue weighted by Crippen LogP contribution is -2.56. The zero-order valence-electron chi connectivity index (χ0n) is 9.62. The topological polar surface area (TPSA) is 33.2 Å². The van der Waals surface area contributed by atoms with E-state index in [9.17, 15) is 13.6 Å². The molecule has 92 valence electrons. The van der Waals surface area contributed by atoms with Gasteiger partial charge in [0.05, 0.1) is 13.1 Å². The Balaban J connectivity index is 1.97. The summed E-state index contributed by atoms with van der Waals surface area (Å²) in [7, 11) is 0. The predicted octanol–water partition coefficient (Wildman–Crippen LogP) is 2.06. The van der Waals surface area contributed by atoms with Crippen molar-refractivity contribution in [3.63, 3.8) is 0 Å². The average Bonchev–Trinajstić information content (AvgIpc) is 2.27. The first-order valence-corrected chi connectivity index (χ1v) is 5.59. The first-order chi connectivity index (χ1) is 8.00. The molecule has 1 aliphatic heterocycles. The fourth-order valence-electron chi connectivity index (χ4n) is 1.74. The maximum absolute atomic E-state index is 12.7. The van der Waals surface area contributed by atoms with Crippen LogP contribution in [0.5, 0.6) is 0 Å². The molecular weight excluding hydrogens is 226 g/mol. The lowest BCUT2D eigenvalue weighted by molar-refractivity contribution is -0.118. The minimum Gasteiger partial charge on any atom is -0.344 e. The molecule has 0 atom stereocenters. The Morgan fingerprint density at radius 3 is 2.65 bits per heavy atom. The number of ketones is 1. The van der Waals surface area contributed by atoms with Crippen LogP contribution in [0, 0.1) is 0 Å². The second kappa shape index (κ2) is 4.39. The van der Waals surface area contributed by atoms with E-state index in [0.29, 0.717) is 18.7 Å². The fourth-order valence-corrected chi connectivity index (χ4v) is 1.74. The summed E-state index contributed by atoms with van der Waals surface area (Å²) in [5, 5.41) is 0. The molecule has 0 spiro atoms. The van der Waals surface area contributed by atoms with Crippen molar-refractivity contribution in [2.24, 2.45) is 0 Å². The van der Waals surface area contributed by atoms with Crippen LogP contribution in [0.2, 0.25) is 0 Å². The minimum atomic E-state index is -2.58. The first kappa shape index (κ1) is 12.0. The third-order valence-corrected chi connectivity index (χ3v) is 2.77. The monoisotopic (exact) mass is 240 g/mol. The van der Waals surface area contributed by atoms with Gasteiger partial charge in [0.25, 0.3) is 5.92 Å². The molecule has 0 unspecified atom stereocenters. The number of carbonyl (C=O) groups is 1. The lowest BCUT2D eigenvalue weighted by Gasteiger charge is -2.39. The Hall–Kier alpha value is -1.52. The normalized spacial score (nSPS) is 17.7. The third-order valence-electron chi connectivity index (χ3n) is 2.77. The van der Waals surface area contributed by atoms with E-state index in [4.69, 9.17) is 0 Å². The van der Waals surface area contributed by atoms with Gasteiger partial charge in [0, 0.05) is 19.0 Å². The molecule has 5 heteroatoms. The van der Waals surface area contributed by atoms with Crippen LogP contribution in [-0.4, -0.2) is 29.8 Å². The molecular formula is C12H14F2N2O. The highest BCUT2D eigenvalue weighted by Gasteiger charge is 2.44. The Labute approximate surface area is 98.5 Å². The standard InChI is InChI=1S/C12H14F2N2O/c1-2-10(17)5-9-3-4-11(15-6-9)16-7-12(13,14)8-16/h3-4,6H,2,5,7-8H2,1H3. The van der Waals surface area contributed by atoms with Crippen LogP contribution in [0.25, 0.3) is 0 Å². The van der Waals surface area contributed by atoms with Crippen molar-refractivity contribution in [3.8, 4) is 0 Å². The minimum absolute atomic E-state index is 0.148. The first-order valence-electron chi connectivity index (χ1n) is 5.59. The molecule has 0 radical (unpaired) electrons. The molecule has 0 aliphatic carbocycles. The highest BCUT2D eigenvalue weighted by Crippen LogP contribution is 2.30. The SMILES string of the molecule is CCC(=O)Cc1ccc(N2CC(F)(F)C2)nc1. The zero-order chi connectivity index (χ0) is 12.5. The van der Waals surface area contributed by atoms with E-state index >= 15 is 0 Å². The van der Waals surface area contributed by atoms with Crippen LogP contribution in [0.3, 0.4) is 0 Å². The second-order valence-corrected chi connectivity index (χ2v) is 4.31. The molecule has 0 saturated carbocycles. The van der Waals surface area contributed by atoms with Crippen molar-refractivity contribution in [3.05, 3.63) is 23.9 Å². The van der Waals surface area contributed by atoms with Crippen LogP contribution in [0.15, 0.2) is 18.3 Å². The van der Waals surface area contributed by atoms with E-state index in [0.717, 1.165) is 5.56 Å². The van der Waals surface area contributed by atoms with Crippen molar-refractivity contribution in [1.82, 2.24) is 4.98 Å².